The highest BCUT2D eigenvalue weighted by Gasteiger charge is 2.21. The number of nitrogen functional groups attached to an aromatic ring is 1. The second-order valence-electron chi connectivity index (χ2n) is 5.33. The highest BCUT2D eigenvalue weighted by Crippen LogP contribution is 2.27. The fourth-order valence-corrected chi connectivity index (χ4v) is 3.66. The third-order valence-electron chi connectivity index (χ3n) is 3.74. The quantitative estimate of drug-likeness (QED) is 0.855. The molecule has 0 unspecified atom stereocenters. The summed E-state index contributed by atoms with van der Waals surface area (Å²) in [4.78, 5) is 0.153. The molecule has 3 N–H and O–H groups in total. The van der Waals surface area contributed by atoms with Gasteiger partial charge in [0.25, 0.3) is 10.0 Å². The minimum Gasteiger partial charge on any atom is -0.398 e. The molecular weight excluding hydrogens is 284 g/mol. The lowest BCUT2D eigenvalue weighted by atomic mass is 10.1. The molecule has 0 aliphatic heterocycles. The Labute approximate surface area is 126 Å². The third-order valence-corrected chi connectivity index (χ3v) is 5.32. The first kappa shape index (κ1) is 15.4. The summed E-state index contributed by atoms with van der Waals surface area (Å²) in [7, 11) is -3.70. The van der Waals surface area contributed by atoms with E-state index in [2.05, 4.69) is 4.72 Å². The predicted octanol–water partition coefficient (Wildman–Crippen LogP) is 3.30. The molecule has 0 radical (unpaired) electrons. The second kappa shape index (κ2) is 5.41. The molecular formula is C16H20N2O2S. The first-order valence-electron chi connectivity index (χ1n) is 6.68. The van der Waals surface area contributed by atoms with Gasteiger partial charge in [0.2, 0.25) is 0 Å². The van der Waals surface area contributed by atoms with Gasteiger partial charge < -0.3 is 5.73 Å². The zero-order chi connectivity index (χ0) is 15.8. The smallest absolute Gasteiger partial charge is 0.264 e. The molecule has 0 aromatic heterocycles. The number of sulfonamides is 1. The van der Waals surface area contributed by atoms with Crippen molar-refractivity contribution in [3.05, 3.63) is 52.6 Å². The number of hydrogen-bond acceptors (Lipinski definition) is 3. The van der Waals surface area contributed by atoms with E-state index in [1.165, 1.54) is 0 Å². The van der Waals surface area contributed by atoms with Gasteiger partial charge in [-0.3, -0.25) is 4.72 Å². The minimum atomic E-state index is -3.70. The molecule has 0 spiro atoms. The van der Waals surface area contributed by atoms with E-state index in [1.54, 1.807) is 19.1 Å². The average Bonchev–Trinajstić information content (AvgIpc) is 2.38. The Hall–Kier alpha value is -2.01. The fraction of sp³-hybridized carbons (Fsp3) is 0.250. The van der Waals surface area contributed by atoms with E-state index in [9.17, 15) is 8.42 Å². The van der Waals surface area contributed by atoms with E-state index >= 15 is 0 Å². The number of anilines is 2. The maximum absolute atomic E-state index is 12.6. The largest absolute Gasteiger partial charge is 0.398 e. The molecule has 0 saturated carbocycles. The summed E-state index contributed by atoms with van der Waals surface area (Å²) in [6.45, 7) is 7.56. The van der Waals surface area contributed by atoms with Crippen LogP contribution in [0.3, 0.4) is 0 Å². The molecule has 2 aromatic carbocycles. The highest BCUT2D eigenvalue weighted by atomic mass is 32.2. The lowest BCUT2D eigenvalue weighted by Gasteiger charge is -2.15. The number of nitrogens with two attached hydrogens (primary N) is 1. The zero-order valence-electron chi connectivity index (χ0n) is 12.7. The summed E-state index contributed by atoms with van der Waals surface area (Å²) in [5.74, 6) is 0. The molecule has 2 aromatic rings. The van der Waals surface area contributed by atoms with Crippen molar-refractivity contribution >= 4 is 21.4 Å². The molecule has 0 bridgehead atoms. The molecule has 21 heavy (non-hydrogen) atoms. The van der Waals surface area contributed by atoms with Crippen LogP contribution in [-0.4, -0.2) is 8.42 Å². The Bertz CT molecular complexity index is 796. The van der Waals surface area contributed by atoms with Gasteiger partial charge in [0.1, 0.15) is 4.90 Å². The molecule has 5 heteroatoms. The summed E-state index contributed by atoms with van der Waals surface area (Å²) in [5, 5.41) is 0. The van der Waals surface area contributed by atoms with E-state index in [-0.39, 0.29) is 10.6 Å². The van der Waals surface area contributed by atoms with Gasteiger partial charge in [-0.05, 0) is 68.1 Å². The zero-order valence-corrected chi connectivity index (χ0v) is 13.5. The number of rotatable bonds is 3. The summed E-state index contributed by atoms with van der Waals surface area (Å²) < 4.78 is 27.8. The minimum absolute atomic E-state index is 0.153. The van der Waals surface area contributed by atoms with E-state index < -0.39 is 10.0 Å². The van der Waals surface area contributed by atoms with Gasteiger partial charge in [-0.2, -0.15) is 0 Å². The first-order chi connectivity index (χ1) is 9.72. The summed E-state index contributed by atoms with van der Waals surface area (Å²) >= 11 is 0. The molecule has 0 atom stereocenters. The van der Waals surface area contributed by atoms with Crippen LogP contribution in [0.25, 0.3) is 0 Å². The van der Waals surface area contributed by atoms with Crippen LogP contribution in [-0.2, 0) is 10.0 Å². The Morgan fingerprint density at radius 2 is 1.52 bits per heavy atom. The molecule has 0 saturated heterocycles. The van der Waals surface area contributed by atoms with Crippen LogP contribution < -0.4 is 10.5 Å². The van der Waals surface area contributed by atoms with Crippen LogP contribution in [0.1, 0.15) is 22.3 Å². The van der Waals surface area contributed by atoms with Crippen LogP contribution in [0.2, 0.25) is 0 Å². The number of nitrogens with one attached hydrogen (secondary N) is 1. The summed E-state index contributed by atoms with van der Waals surface area (Å²) in [6.07, 6.45) is 0. The van der Waals surface area contributed by atoms with Gasteiger partial charge in [-0.25, -0.2) is 8.42 Å². The Kier molecular flexibility index (Phi) is 3.96. The summed E-state index contributed by atoms with van der Waals surface area (Å²) in [6, 6.07) is 8.89. The highest BCUT2D eigenvalue weighted by molar-refractivity contribution is 7.93. The van der Waals surface area contributed by atoms with Gasteiger partial charge in [0.05, 0.1) is 5.69 Å². The van der Waals surface area contributed by atoms with Gasteiger partial charge in [0.15, 0.2) is 0 Å². The van der Waals surface area contributed by atoms with Crippen molar-refractivity contribution in [1.82, 2.24) is 0 Å². The van der Waals surface area contributed by atoms with Crippen LogP contribution in [0.15, 0.2) is 35.2 Å². The van der Waals surface area contributed by atoms with Crippen LogP contribution >= 0.6 is 0 Å². The van der Waals surface area contributed by atoms with Gasteiger partial charge >= 0.3 is 0 Å². The van der Waals surface area contributed by atoms with Gasteiger partial charge in [0, 0.05) is 5.69 Å². The van der Waals surface area contributed by atoms with E-state index in [1.807, 2.05) is 39.0 Å². The number of benzene rings is 2. The van der Waals surface area contributed by atoms with Crippen molar-refractivity contribution in [3.8, 4) is 0 Å². The van der Waals surface area contributed by atoms with E-state index in [4.69, 9.17) is 5.73 Å². The van der Waals surface area contributed by atoms with Crippen LogP contribution in [0, 0.1) is 27.7 Å². The maximum Gasteiger partial charge on any atom is 0.264 e. The topological polar surface area (TPSA) is 72.2 Å². The SMILES string of the molecule is Cc1ccc(NS(=O)(=O)c2c(N)ccc(C)c2C)cc1C. The molecule has 0 heterocycles. The number of aryl methyl sites for hydroxylation is 3. The van der Waals surface area contributed by atoms with Crippen molar-refractivity contribution in [2.24, 2.45) is 0 Å². The molecule has 0 amide bonds. The Morgan fingerprint density at radius 1 is 0.905 bits per heavy atom. The van der Waals surface area contributed by atoms with E-state index in [0.29, 0.717) is 11.3 Å². The Morgan fingerprint density at radius 3 is 2.14 bits per heavy atom. The van der Waals surface area contributed by atoms with Crippen molar-refractivity contribution in [2.75, 3.05) is 10.5 Å². The van der Waals surface area contributed by atoms with Gasteiger partial charge in [-0.1, -0.05) is 12.1 Å². The summed E-state index contributed by atoms with van der Waals surface area (Å²) in [5.41, 5.74) is 10.4. The molecule has 0 fully saturated rings. The molecule has 0 aliphatic rings. The third kappa shape index (κ3) is 3.03. The normalized spacial score (nSPS) is 11.4. The van der Waals surface area contributed by atoms with E-state index in [0.717, 1.165) is 16.7 Å². The lowest BCUT2D eigenvalue weighted by molar-refractivity contribution is 0.601. The number of hydrogen-bond donors (Lipinski definition) is 2. The average molecular weight is 304 g/mol. The van der Waals surface area contributed by atoms with Crippen molar-refractivity contribution in [1.29, 1.82) is 0 Å². The van der Waals surface area contributed by atoms with Crippen LogP contribution in [0.5, 0.6) is 0 Å². The van der Waals surface area contributed by atoms with Crippen molar-refractivity contribution in [3.63, 3.8) is 0 Å². The monoisotopic (exact) mass is 304 g/mol. The Balaban J connectivity index is 2.48. The van der Waals surface area contributed by atoms with Crippen LogP contribution in [0.4, 0.5) is 11.4 Å². The van der Waals surface area contributed by atoms with Crippen molar-refractivity contribution < 1.29 is 8.42 Å². The molecule has 2 rings (SSSR count). The lowest BCUT2D eigenvalue weighted by Crippen LogP contribution is -2.17. The predicted molar refractivity (Wildman–Crippen MR) is 87.1 cm³/mol. The standard InChI is InChI=1S/C16H20N2O2S/c1-10-5-7-14(9-12(10)3)18-21(19,20)16-13(4)11(2)6-8-15(16)17/h5-9,18H,17H2,1-4H3. The second-order valence-corrected chi connectivity index (χ2v) is 6.95. The fourth-order valence-electron chi connectivity index (χ4n) is 2.18. The van der Waals surface area contributed by atoms with Crippen molar-refractivity contribution in [2.45, 2.75) is 32.6 Å². The van der Waals surface area contributed by atoms with Gasteiger partial charge in [-0.15, -0.1) is 0 Å². The molecule has 0 aliphatic carbocycles. The molecule has 112 valence electrons. The first-order valence-corrected chi connectivity index (χ1v) is 8.16. The molecule has 4 nitrogen and oxygen atoms in total. The maximum atomic E-state index is 12.6.